The summed E-state index contributed by atoms with van der Waals surface area (Å²) in [5.74, 6) is 0. The number of hydrogen-bond donors (Lipinski definition) is 2. The Morgan fingerprint density at radius 2 is 1.87 bits per heavy atom. The van der Waals surface area contributed by atoms with E-state index in [4.69, 9.17) is 23.8 Å². The standard InChI is InChI=1S/C18H20ClN3S/c1-21-11-12-22(17(13-21)14-5-3-2-4-6-14)18(23)20-16-9-7-15(19)8-10-16/h2-10,17H,11-13H2,1H3,(H,20,23)/p+1/t17-/m0/s1. The predicted octanol–water partition coefficient (Wildman–Crippen LogP) is 2.61. The van der Waals surface area contributed by atoms with Crippen LogP contribution in [0, 0.1) is 0 Å². The summed E-state index contributed by atoms with van der Waals surface area (Å²) in [4.78, 5) is 3.83. The molecule has 1 heterocycles. The van der Waals surface area contributed by atoms with E-state index in [2.05, 4.69) is 47.6 Å². The summed E-state index contributed by atoms with van der Waals surface area (Å²) in [5, 5.41) is 4.84. The molecule has 0 aliphatic carbocycles. The van der Waals surface area contributed by atoms with Crippen molar-refractivity contribution >= 4 is 34.6 Å². The van der Waals surface area contributed by atoms with Gasteiger partial charge in [-0.25, -0.2) is 0 Å². The minimum absolute atomic E-state index is 0.303. The largest absolute Gasteiger partial charge is 0.334 e. The lowest BCUT2D eigenvalue weighted by Crippen LogP contribution is -3.12. The third-order valence-electron chi connectivity index (χ3n) is 4.24. The maximum Gasteiger partial charge on any atom is 0.174 e. The van der Waals surface area contributed by atoms with Gasteiger partial charge in [0.05, 0.1) is 20.1 Å². The molecule has 0 spiro atoms. The SMILES string of the molecule is C[NH+]1CCN(C(=S)Nc2ccc(Cl)cc2)[C@H](c2ccccc2)C1. The maximum atomic E-state index is 5.94. The summed E-state index contributed by atoms with van der Waals surface area (Å²) in [6.45, 7) is 3.09. The Labute approximate surface area is 147 Å². The molecule has 2 atom stereocenters. The van der Waals surface area contributed by atoms with E-state index in [-0.39, 0.29) is 0 Å². The fourth-order valence-corrected chi connectivity index (χ4v) is 3.42. The third kappa shape index (κ3) is 4.02. The number of thiocarbonyl (C=S) groups is 1. The minimum Gasteiger partial charge on any atom is -0.334 e. The number of hydrogen-bond acceptors (Lipinski definition) is 1. The van der Waals surface area contributed by atoms with Crippen LogP contribution in [0.3, 0.4) is 0 Å². The first-order valence-electron chi connectivity index (χ1n) is 7.83. The molecule has 2 aromatic carbocycles. The summed E-state index contributed by atoms with van der Waals surface area (Å²) in [6, 6.07) is 18.5. The second kappa shape index (κ2) is 7.30. The van der Waals surface area contributed by atoms with Gasteiger partial charge in [-0.05, 0) is 42.0 Å². The van der Waals surface area contributed by atoms with Gasteiger partial charge in [-0.3, -0.25) is 0 Å². The molecule has 2 N–H and O–H groups in total. The van der Waals surface area contributed by atoms with Crippen LogP contribution in [0.2, 0.25) is 5.02 Å². The first-order valence-corrected chi connectivity index (χ1v) is 8.61. The van der Waals surface area contributed by atoms with Crippen molar-refractivity contribution in [2.75, 3.05) is 32.0 Å². The van der Waals surface area contributed by atoms with Crippen LogP contribution in [0.4, 0.5) is 5.69 Å². The number of piperazine rings is 1. The highest BCUT2D eigenvalue weighted by atomic mass is 35.5. The number of quaternary nitrogens is 1. The quantitative estimate of drug-likeness (QED) is 0.816. The second-order valence-electron chi connectivity index (χ2n) is 5.97. The highest BCUT2D eigenvalue weighted by Crippen LogP contribution is 2.22. The van der Waals surface area contributed by atoms with Crippen molar-refractivity contribution in [3.63, 3.8) is 0 Å². The van der Waals surface area contributed by atoms with Crippen LogP contribution in [-0.2, 0) is 0 Å². The Bertz CT molecular complexity index is 660. The molecule has 1 saturated heterocycles. The van der Waals surface area contributed by atoms with Gasteiger partial charge in [-0.1, -0.05) is 41.9 Å². The first-order chi connectivity index (χ1) is 11.1. The molecule has 2 aromatic rings. The normalized spacial score (nSPS) is 21.0. The van der Waals surface area contributed by atoms with E-state index < -0.39 is 0 Å². The molecule has 120 valence electrons. The van der Waals surface area contributed by atoms with Crippen molar-refractivity contribution < 1.29 is 4.90 Å². The van der Waals surface area contributed by atoms with Crippen LogP contribution in [0.25, 0.3) is 0 Å². The molecular formula is C18H21ClN3S+. The molecule has 3 nitrogen and oxygen atoms in total. The summed E-state index contributed by atoms with van der Waals surface area (Å²) in [7, 11) is 2.24. The molecule has 0 bridgehead atoms. The van der Waals surface area contributed by atoms with Crippen LogP contribution in [0.1, 0.15) is 11.6 Å². The Morgan fingerprint density at radius 3 is 2.57 bits per heavy atom. The number of anilines is 1. The molecule has 0 saturated carbocycles. The lowest BCUT2D eigenvalue weighted by Gasteiger charge is -2.39. The molecule has 0 radical (unpaired) electrons. The average Bonchev–Trinajstić information content (AvgIpc) is 2.57. The van der Waals surface area contributed by atoms with Crippen molar-refractivity contribution in [1.82, 2.24) is 4.90 Å². The molecule has 3 rings (SSSR count). The number of nitrogens with one attached hydrogen (secondary N) is 2. The Hall–Kier alpha value is -1.62. The molecule has 1 fully saturated rings. The van der Waals surface area contributed by atoms with Crippen molar-refractivity contribution in [3.05, 3.63) is 65.2 Å². The van der Waals surface area contributed by atoms with Gasteiger partial charge in [0.15, 0.2) is 5.11 Å². The zero-order chi connectivity index (χ0) is 16.2. The maximum absolute atomic E-state index is 5.94. The smallest absolute Gasteiger partial charge is 0.174 e. The van der Waals surface area contributed by atoms with Gasteiger partial charge < -0.3 is 15.1 Å². The summed E-state index contributed by atoms with van der Waals surface area (Å²) in [5.41, 5.74) is 2.28. The van der Waals surface area contributed by atoms with Crippen LogP contribution in [0.15, 0.2) is 54.6 Å². The molecule has 0 aromatic heterocycles. The third-order valence-corrected chi connectivity index (χ3v) is 4.83. The molecule has 1 aliphatic rings. The van der Waals surface area contributed by atoms with Gasteiger partial charge in [-0.2, -0.15) is 0 Å². The lowest BCUT2D eigenvalue weighted by molar-refractivity contribution is -0.887. The van der Waals surface area contributed by atoms with E-state index in [0.29, 0.717) is 6.04 Å². The van der Waals surface area contributed by atoms with E-state index in [9.17, 15) is 0 Å². The molecule has 5 heteroatoms. The summed E-state index contributed by atoms with van der Waals surface area (Å²) < 4.78 is 0. The predicted molar refractivity (Wildman–Crippen MR) is 100 cm³/mol. The van der Waals surface area contributed by atoms with Gasteiger partial charge in [0.2, 0.25) is 0 Å². The fraction of sp³-hybridized carbons (Fsp3) is 0.278. The van der Waals surface area contributed by atoms with E-state index in [1.54, 1.807) is 0 Å². The van der Waals surface area contributed by atoms with Crippen molar-refractivity contribution in [2.45, 2.75) is 6.04 Å². The summed E-state index contributed by atoms with van der Waals surface area (Å²) in [6.07, 6.45) is 0. The molecule has 23 heavy (non-hydrogen) atoms. The Morgan fingerprint density at radius 1 is 1.17 bits per heavy atom. The molecule has 1 aliphatic heterocycles. The van der Waals surface area contributed by atoms with Crippen LogP contribution < -0.4 is 10.2 Å². The van der Waals surface area contributed by atoms with E-state index >= 15 is 0 Å². The monoisotopic (exact) mass is 346 g/mol. The van der Waals surface area contributed by atoms with E-state index in [0.717, 1.165) is 35.5 Å². The van der Waals surface area contributed by atoms with E-state index in [1.165, 1.54) is 10.5 Å². The molecular weight excluding hydrogens is 326 g/mol. The highest BCUT2D eigenvalue weighted by molar-refractivity contribution is 7.80. The highest BCUT2D eigenvalue weighted by Gasteiger charge is 2.30. The zero-order valence-electron chi connectivity index (χ0n) is 13.1. The van der Waals surface area contributed by atoms with Crippen molar-refractivity contribution in [2.24, 2.45) is 0 Å². The fourth-order valence-electron chi connectivity index (χ4n) is 2.95. The van der Waals surface area contributed by atoms with Crippen LogP contribution in [-0.4, -0.2) is 36.7 Å². The molecule has 0 amide bonds. The Balaban J connectivity index is 1.78. The topological polar surface area (TPSA) is 19.7 Å². The average molecular weight is 347 g/mol. The van der Waals surface area contributed by atoms with Gasteiger partial charge in [0.1, 0.15) is 12.6 Å². The van der Waals surface area contributed by atoms with Gasteiger partial charge in [0.25, 0.3) is 0 Å². The second-order valence-corrected chi connectivity index (χ2v) is 6.79. The van der Waals surface area contributed by atoms with E-state index in [1.807, 2.05) is 24.3 Å². The summed E-state index contributed by atoms with van der Waals surface area (Å²) >= 11 is 11.6. The minimum atomic E-state index is 0.303. The van der Waals surface area contributed by atoms with Gasteiger partial charge in [-0.15, -0.1) is 0 Å². The number of nitrogens with zero attached hydrogens (tertiary/aromatic N) is 1. The Kier molecular flexibility index (Phi) is 5.16. The number of rotatable bonds is 2. The number of halogens is 1. The van der Waals surface area contributed by atoms with Crippen LogP contribution >= 0.6 is 23.8 Å². The lowest BCUT2D eigenvalue weighted by atomic mass is 10.0. The van der Waals surface area contributed by atoms with Gasteiger partial charge >= 0.3 is 0 Å². The zero-order valence-corrected chi connectivity index (χ0v) is 14.7. The van der Waals surface area contributed by atoms with Crippen LogP contribution in [0.5, 0.6) is 0 Å². The number of benzene rings is 2. The molecule has 1 unspecified atom stereocenters. The van der Waals surface area contributed by atoms with Gasteiger partial charge in [0, 0.05) is 10.7 Å². The first kappa shape index (κ1) is 16.2. The van der Waals surface area contributed by atoms with Crippen molar-refractivity contribution in [1.29, 1.82) is 0 Å². The number of likely N-dealkylation sites (N-methyl/N-ethyl adjacent to an activating group) is 1. The van der Waals surface area contributed by atoms with Crippen molar-refractivity contribution in [3.8, 4) is 0 Å².